The highest BCUT2D eigenvalue weighted by molar-refractivity contribution is 7.99. The molecule has 0 radical (unpaired) electrons. The number of amides is 1. The van der Waals surface area contributed by atoms with Gasteiger partial charge in [0.25, 0.3) is 0 Å². The maximum atomic E-state index is 11.8. The van der Waals surface area contributed by atoms with Gasteiger partial charge in [-0.05, 0) is 37.0 Å². The molecule has 1 N–H and O–H groups in total. The molecule has 4 aromatic rings. The third-order valence-corrected chi connectivity index (χ3v) is 6.22. The van der Waals surface area contributed by atoms with Gasteiger partial charge in [0.2, 0.25) is 11.1 Å². The number of fused-ring (bicyclic) bond motifs is 3. The Morgan fingerprint density at radius 2 is 1.90 bits per heavy atom. The summed E-state index contributed by atoms with van der Waals surface area (Å²) in [6.45, 7) is 5.65. The van der Waals surface area contributed by atoms with E-state index in [0.29, 0.717) is 11.6 Å². The molecule has 6 nitrogen and oxygen atoms in total. The topological polar surface area (TPSA) is 72.7 Å². The Kier molecular flexibility index (Phi) is 6.82. The van der Waals surface area contributed by atoms with Crippen LogP contribution in [0.5, 0.6) is 0 Å². The van der Waals surface area contributed by atoms with E-state index in [0.717, 1.165) is 53.8 Å². The summed E-state index contributed by atoms with van der Waals surface area (Å²) in [6, 6.07) is 16.7. The van der Waals surface area contributed by atoms with Gasteiger partial charge in [-0.3, -0.25) is 4.79 Å². The monoisotopic (exact) mass is 433 g/mol. The molecule has 2 aromatic heterocycles. The molecule has 1 amide bonds. The van der Waals surface area contributed by atoms with E-state index in [1.807, 2.05) is 12.1 Å². The molecule has 31 heavy (non-hydrogen) atoms. The number of hydrogen-bond donors (Lipinski definition) is 1. The quantitative estimate of drug-likeness (QED) is 0.305. The molecule has 0 saturated heterocycles. The van der Waals surface area contributed by atoms with Crippen molar-refractivity contribution in [2.45, 2.75) is 44.8 Å². The Morgan fingerprint density at radius 3 is 2.74 bits per heavy atom. The number of nitrogens with one attached hydrogen (secondary N) is 1. The summed E-state index contributed by atoms with van der Waals surface area (Å²) in [5.41, 5.74) is 5.30. The van der Waals surface area contributed by atoms with Gasteiger partial charge < -0.3 is 9.88 Å². The van der Waals surface area contributed by atoms with Crippen molar-refractivity contribution in [2.75, 3.05) is 12.3 Å². The average Bonchev–Trinajstić information content (AvgIpc) is 3.10. The highest BCUT2D eigenvalue weighted by Gasteiger charge is 2.15. The molecule has 2 aromatic carbocycles. The van der Waals surface area contributed by atoms with E-state index in [4.69, 9.17) is 4.98 Å². The zero-order chi connectivity index (χ0) is 21.6. The molecule has 160 valence electrons. The minimum Gasteiger partial charge on any atom is -0.356 e. The van der Waals surface area contributed by atoms with Gasteiger partial charge in [-0.15, -0.1) is 10.2 Å². The lowest BCUT2D eigenvalue weighted by Gasteiger charge is -2.09. The summed E-state index contributed by atoms with van der Waals surface area (Å²) in [7, 11) is 0. The van der Waals surface area contributed by atoms with Crippen molar-refractivity contribution in [1.82, 2.24) is 25.1 Å². The van der Waals surface area contributed by atoms with E-state index in [2.05, 4.69) is 70.3 Å². The molecule has 0 unspecified atom stereocenters. The van der Waals surface area contributed by atoms with Crippen LogP contribution in [0.1, 0.15) is 37.3 Å². The van der Waals surface area contributed by atoms with E-state index >= 15 is 0 Å². The van der Waals surface area contributed by atoms with Crippen LogP contribution in [0.15, 0.2) is 53.7 Å². The third-order valence-electron chi connectivity index (χ3n) is 5.30. The fourth-order valence-electron chi connectivity index (χ4n) is 3.62. The number of thioether (sulfide) groups is 1. The molecule has 0 bridgehead atoms. The van der Waals surface area contributed by atoms with Crippen LogP contribution in [-0.2, 0) is 11.3 Å². The molecular weight excluding hydrogens is 406 g/mol. The number of carbonyl (C=O) groups excluding carboxylic acids is 1. The highest BCUT2D eigenvalue weighted by Crippen LogP contribution is 2.28. The fraction of sp³-hybridized carbons (Fsp3) is 0.333. The largest absolute Gasteiger partial charge is 0.356 e. The van der Waals surface area contributed by atoms with Gasteiger partial charge in [-0.1, -0.05) is 61.2 Å². The Hall–Kier alpha value is -2.93. The van der Waals surface area contributed by atoms with Crippen molar-refractivity contribution in [3.05, 3.63) is 59.7 Å². The van der Waals surface area contributed by atoms with Crippen LogP contribution in [0.4, 0.5) is 0 Å². The Bertz CT molecular complexity index is 1200. The van der Waals surface area contributed by atoms with Crippen molar-refractivity contribution in [3.63, 3.8) is 0 Å². The number of aromatic nitrogens is 4. The number of rotatable bonds is 9. The van der Waals surface area contributed by atoms with Crippen LogP contribution in [0.3, 0.4) is 0 Å². The summed E-state index contributed by atoms with van der Waals surface area (Å²) in [6.07, 6.45) is 2.26. The van der Waals surface area contributed by atoms with E-state index < -0.39 is 0 Å². The number of hydrogen-bond acceptors (Lipinski definition) is 5. The van der Waals surface area contributed by atoms with Crippen molar-refractivity contribution >= 4 is 39.7 Å². The lowest BCUT2D eigenvalue weighted by Crippen LogP contribution is -2.23. The minimum atomic E-state index is 0.107. The lowest BCUT2D eigenvalue weighted by molar-refractivity contribution is -0.121. The summed E-state index contributed by atoms with van der Waals surface area (Å²) < 4.78 is 2.23. The summed E-state index contributed by atoms with van der Waals surface area (Å²) >= 11 is 1.55. The number of nitrogens with zero attached hydrogens (tertiary/aromatic N) is 4. The van der Waals surface area contributed by atoms with Gasteiger partial charge >= 0.3 is 0 Å². The summed E-state index contributed by atoms with van der Waals surface area (Å²) in [5.74, 6) is 0.889. The van der Waals surface area contributed by atoms with E-state index in [-0.39, 0.29) is 5.91 Å². The average molecular weight is 434 g/mol. The SMILES string of the molecule is CCCNC(=O)CCCSc1nnc2c3ccccc3n(Cc3ccccc3C)c2n1. The molecule has 0 fully saturated rings. The van der Waals surface area contributed by atoms with E-state index in [1.165, 1.54) is 11.1 Å². The first-order valence-corrected chi connectivity index (χ1v) is 11.7. The first-order valence-electron chi connectivity index (χ1n) is 10.7. The van der Waals surface area contributed by atoms with Crippen LogP contribution in [0.25, 0.3) is 22.1 Å². The van der Waals surface area contributed by atoms with Crippen molar-refractivity contribution in [2.24, 2.45) is 0 Å². The van der Waals surface area contributed by atoms with Gasteiger partial charge in [0.1, 0.15) is 5.52 Å². The predicted molar refractivity (Wildman–Crippen MR) is 126 cm³/mol. The molecular formula is C24H27N5OS. The Balaban J connectivity index is 1.57. The number of aryl methyl sites for hydroxylation is 1. The zero-order valence-electron chi connectivity index (χ0n) is 18.0. The van der Waals surface area contributed by atoms with Gasteiger partial charge in [0, 0.05) is 30.6 Å². The first kappa shape index (κ1) is 21.3. The smallest absolute Gasteiger partial charge is 0.220 e. The van der Waals surface area contributed by atoms with Crippen LogP contribution < -0.4 is 5.32 Å². The molecule has 0 spiro atoms. The first-order chi connectivity index (χ1) is 15.2. The van der Waals surface area contributed by atoms with Crippen LogP contribution in [0, 0.1) is 6.92 Å². The molecule has 0 aliphatic heterocycles. The second kappa shape index (κ2) is 9.92. The van der Waals surface area contributed by atoms with E-state index in [9.17, 15) is 4.79 Å². The lowest BCUT2D eigenvalue weighted by atomic mass is 10.1. The van der Waals surface area contributed by atoms with Crippen LogP contribution in [-0.4, -0.2) is 38.0 Å². The third kappa shape index (κ3) is 4.88. The number of benzene rings is 2. The second-order valence-corrected chi connectivity index (χ2v) is 8.66. The summed E-state index contributed by atoms with van der Waals surface area (Å²) in [5, 5.41) is 13.5. The number of carbonyl (C=O) groups is 1. The van der Waals surface area contributed by atoms with Gasteiger partial charge in [-0.25, -0.2) is 4.98 Å². The van der Waals surface area contributed by atoms with Crippen molar-refractivity contribution in [3.8, 4) is 0 Å². The number of para-hydroxylation sites is 1. The predicted octanol–water partition coefficient (Wildman–Crippen LogP) is 4.73. The van der Waals surface area contributed by atoms with E-state index in [1.54, 1.807) is 11.8 Å². The minimum absolute atomic E-state index is 0.107. The van der Waals surface area contributed by atoms with Crippen LogP contribution in [0.2, 0.25) is 0 Å². The molecule has 0 saturated carbocycles. The highest BCUT2D eigenvalue weighted by atomic mass is 32.2. The second-order valence-electron chi connectivity index (χ2n) is 7.60. The molecule has 7 heteroatoms. The summed E-state index contributed by atoms with van der Waals surface area (Å²) in [4.78, 5) is 16.6. The molecule has 4 rings (SSSR count). The standard InChI is InChI=1S/C24H27N5OS/c1-3-14-25-21(30)13-8-15-31-24-26-23-22(27-28-24)19-11-6-7-12-20(19)29(23)16-18-10-5-4-9-17(18)2/h4-7,9-12H,3,8,13-16H2,1-2H3,(H,25,30). The van der Waals surface area contributed by atoms with Crippen molar-refractivity contribution < 1.29 is 4.79 Å². The molecule has 2 heterocycles. The Labute approximate surface area is 186 Å². The molecule has 0 aliphatic carbocycles. The fourth-order valence-corrected chi connectivity index (χ4v) is 4.34. The van der Waals surface area contributed by atoms with Gasteiger partial charge in [-0.2, -0.15) is 0 Å². The van der Waals surface area contributed by atoms with Crippen LogP contribution >= 0.6 is 11.8 Å². The Morgan fingerprint density at radius 1 is 1.10 bits per heavy atom. The van der Waals surface area contributed by atoms with Crippen molar-refractivity contribution in [1.29, 1.82) is 0 Å². The normalized spacial score (nSPS) is 11.3. The zero-order valence-corrected chi connectivity index (χ0v) is 18.8. The molecule has 0 aliphatic rings. The molecule has 0 atom stereocenters. The maximum absolute atomic E-state index is 11.8. The maximum Gasteiger partial charge on any atom is 0.220 e. The van der Waals surface area contributed by atoms with Gasteiger partial charge in [0.05, 0.1) is 5.52 Å². The van der Waals surface area contributed by atoms with Gasteiger partial charge in [0.15, 0.2) is 5.65 Å².